The van der Waals surface area contributed by atoms with Crippen LogP contribution in [0.3, 0.4) is 0 Å². The zero-order chi connectivity index (χ0) is 16.5. The molecule has 0 aliphatic rings. The Morgan fingerprint density at radius 2 is 2.04 bits per heavy atom. The van der Waals surface area contributed by atoms with E-state index in [9.17, 15) is 10.1 Å². The lowest BCUT2D eigenvalue weighted by Gasteiger charge is -2.03. The van der Waals surface area contributed by atoms with E-state index >= 15 is 0 Å². The van der Waals surface area contributed by atoms with Crippen LogP contribution >= 0.6 is 11.3 Å². The lowest BCUT2D eigenvalue weighted by Crippen LogP contribution is -2.04. The molecule has 0 spiro atoms. The Balaban J connectivity index is 1.61. The van der Waals surface area contributed by atoms with Crippen LogP contribution in [0.25, 0.3) is 15.6 Å². The van der Waals surface area contributed by atoms with Crippen molar-refractivity contribution in [1.29, 1.82) is 5.26 Å². The van der Waals surface area contributed by atoms with Gasteiger partial charge in [-0.05, 0) is 18.2 Å². The fraction of sp³-hybridized carbons (Fsp3) is 0.0526. The molecule has 0 fully saturated rings. The Morgan fingerprint density at radius 3 is 2.92 bits per heavy atom. The molecule has 0 bridgehead atoms. The molecule has 4 nitrogen and oxygen atoms in total. The molecule has 0 unspecified atom stereocenters. The molecule has 0 aliphatic carbocycles. The molecular weight excluding hydrogens is 320 g/mol. The summed E-state index contributed by atoms with van der Waals surface area (Å²) in [6.07, 6.45) is 3.70. The van der Waals surface area contributed by atoms with Crippen molar-refractivity contribution >= 4 is 32.9 Å². The molecule has 5 heteroatoms. The lowest BCUT2D eigenvalue weighted by molar-refractivity contribution is 0.0475. The fourth-order valence-corrected chi connectivity index (χ4v) is 3.70. The Hall–Kier alpha value is -3.10. The third kappa shape index (κ3) is 2.34. The molecule has 0 saturated heterocycles. The van der Waals surface area contributed by atoms with Gasteiger partial charge in [0.15, 0.2) is 0 Å². The number of fused-ring (bicyclic) bond motifs is 2. The van der Waals surface area contributed by atoms with Crippen LogP contribution in [0, 0.1) is 11.3 Å². The third-order valence-corrected chi connectivity index (χ3v) is 4.90. The van der Waals surface area contributed by atoms with Gasteiger partial charge in [-0.3, -0.25) is 0 Å². The number of benzene rings is 1. The van der Waals surface area contributed by atoms with E-state index in [4.69, 9.17) is 4.74 Å². The normalized spacial score (nSPS) is 10.8. The first-order valence-electron chi connectivity index (χ1n) is 7.40. The highest BCUT2D eigenvalue weighted by atomic mass is 32.1. The summed E-state index contributed by atoms with van der Waals surface area (Å²) in [5.41, 5.74) is 2.63. The second kappa shape index (κ2) is 5.84. The number of carbonyl (C=O) groups excluding carboxylic acids is 1. The first-order valence-corrected chi connectivity index (χ1v) is 8.28. The maximum Gasteiger partial charge on any atom is 0.339 e. The van der Waals surface area contributed by atoms with Gasteiger partial charge >= 0.3 is 5.97 Å². The van der Waals surface area contributed by atoms with Crippen LogP contribution in [0.5, 0.6) is 0 Å². The number of aromatic nitrogens is 1. The number of hydrogen-bond donors (Lipinski definition) is 0. The van der Waals surface area contributed by atoms with Crippen molar-refractivity contribution in [1.82, 2.24) is 4.40 Å². The van der Waals surface area contributed by atoms with Gasteiger partial charge in [0.1, 0.15) is 12.7 Å². The van der Waals surface area contributed by atoms with E-state index < -0.39 is 0 Å². The van der Waals surface area contributed by atoms with Gasteiger partial charge in [-0.2, -0.15) is 5.26 Å². The van der Waals surface area contributed by atoms with E-state index in [0.717, 1.165) is 15.6 Å². The van der Waals surface area contributed by atoms with E-state index in [1.165, 1.54) is 11.3 Å². The van der Waals surface area contributed by atoms with Gasteiger partial charge in [0.2, 0.25) is 0 Å². The number of rotatable bonds is 3. The highest BCUT2D eigenvalue weighted by molar-refractivity contribution is 7.17. The van der Waals surface area contributed by atoms with E-state index in [2.05, 4.69) is 6.07 Å². The van der Waals surface area contributed by atoms with Crippen molar-refractivity contribution in [3.05, 3.63) is 76.9 Å². The lowest BCUT2D eigenvalue weighted by atomic mass is 10.2. The number of carbonyl (C=O) groups is 1. The van der Waals surface area contributed by atoms with Crippen LogP contribution in [0.15, 0.2) is 60.2 Å². The summed E-state index contributed by atoms with van der Waals surface area (Å²) in [5, 5.41) is 12.1. The Kier molecular flexibility index (Phi) is 3.52. The first-order chi connectivity index (χ1) is 11.8. The molecule has 3 heterocycles. The first kappa shape index (κ1) is 14.5. The molecule has 3 aromatic heterocycles. The summed E-state index contributed by atoms with van der Waals surface area (Å²) in [6.45, 7) is 0.0770. The zero-order valence-electron chi connectivity index (χ0n) is 12.6. The number of thiophene rings is 1. The van der Waals surface area contributed by atoms with E-state index in [-0.39, 0.29) is 12.6 Å². The number of esters is 1. The molecule has 4 aromatic rings. The van der Waals surface area contributed by atoms with Gasteiger partial charge in [0, 0.05) is 33.4 Å². The molecule has 0 N–H and O–H groups in total. The highest BCUT2D eigenvalue weighted by Crippen LogP contribution is 2.27. The monoisotopic (exact) mass is 332 g/mol. The molecule has 0 atom stereocenters. The van der Waals surface area contributed by atoms with Crippen LogP contribution in [0.1, 0.15) is 21.5 Å². The third-order valence-electron chi connectivity index (χ3n) is 3.93. The van der Waals surface area contributed by atoms with Crippen molar-refractivity contribution in [2.45, 2.75) is 6.61 Å². The summed E-state index contributed by atoms with van der Waals surface area (Å²) in [6, 6.07) is 15.6. The Labute approximate surface area is 142 Å². The van der Waals surface area contributed by atoms with Gasteiger partial charge in [-0.1, -0.05) is 24.3 Å². The minimum atomic E-state index is -0.369. The average molecular weight is 332 g/mol. The molecule has 116 valence electrons. The molecule has 4 rings (SSSR count). The smallest absolute Gasteiger partial charge is 0.339 e. The van der Waals surface area contributed by atoms with Crippen LogP contribution < -0.4 is 0 Å². The van der Waals surface area contributed by atoms with Gasteiger partial charge in [-0.15, -0.1) is 11.3 Å². The summed E-state index contributed by atoms with van der Waals surface area (Å²) in [4.78, 5) is 12.4. The summed E-state index contributed by atoms with van der Waals surface area (Å²) in [5.74, 6) is -0.369. The van der Waals surface area contributed by atoms with Crippen molar-refractivity contribution in [3.8, 4) is 6.07 Å². The van der Waals surface area contributed by atoms with Crippen molar-refractivity contribution in [2.75, 3.05) is 0 Å². The maximum absolute atomic E-state index is 12.4. The molecule has 0 saturated carbocycles. The largest absolute Gasteiger partial charge is 0.457 e. The number of ether oxygens (including phenoxy) is 1. The van der Waals surface area contributed by atoms with Crippen LogP contribution in [-0.2, 0) is 11.3 Å². The van der Waals surface area contributed by atoms with Crippen LogP contribution in [0.2, 0.25) is 0 Å². The van der Waals surface area contributed by atoms with E-state index in [1.807, 2.05) is 64.6 Å². The van der Waals surface area contributed by atoms with Crippen LogP contribution in [-0.4, -0.2) is 10.4 Å². The zero-order valence-corrected chi connectivity index (χ0v) is 13.4. The molecule has 24 heavy (non-hydrogen) atoms. The van der Waals surface area contributed by atoms with Crippen molar-refractivity contribution in [3.63, 3.8) is 0 Å². The van der Waals surface area contributed by atoms with E-state index in [0.29, 0.717) is 16.7 Å². The summed E-state index contributed by atoms with van der Waals surface area (Å²) in [7, 11) is 0. The van der Waals surface area contributed by atoms with Gasteiger partial charge in [0.05, 0.1) is 16.6 Å². The quantitative estimate of drug-likeness (QED) is 0.523. The minimum absolute atomic E-state index is 0.0770. The topological polar surface area (TPSA) is 54.5 Å². The van der Waals surface area contributed by atoms with Gasteiger partial charge in [-0.25, -0.2) is 4.79 Å². The summed E-state index contributed by atoms with van der Waals surface area (Å²) >= 11 is 1.52. The number of pyridine rings is 1. The molecular formula is C19H12N2O2S. The molecule has 0 radical (unpaired) electrons. The second-order valence-corrected chi connectivity index (χ2v) is 6.27. The minimum Gasteiger partial charge on any atom is -0.457 e. The average Bonchev–Trinajstić information content (AvgIpc) is 3.20. The van der Waals surface area contributed by atoms with Crippen LogP contribution in [0.4, 0.5) is 0 Å². The maximum atomic E-state index is 12.4. The number of hydrogen-bond acceptors (Lipinski definition) is 4. The van der Waals surface area contributed by atoms with Crippen molar-refractivity contribution < 1.29 is 9.53 Å². The predicted molar refractivity (Wildman–Crippen MR) is 93.1 cm³/mol. The fourth-order valence-electron chi connectivity index (χ4n) is 2.77. The highest BCUT2D eigenvalue weighted by Gasteiger charge is 2.16. The van der Waals surface area contributed by atoms with Crippen molar-refractivity contribution in [2.24, 2.45) is 0 Å². The number of nitriles is 1. The predicted octanol–water partition coefficient (Wildman–Crippen LogP) is 4.38. The molecule has 0 amide bonds. The summed E-state index contributed by atoms with van der Waals surface area (Å²) < 4.78 is 8.37. The van der Waals surface area contributed by atoms with Gasteiger partial charge in [0.25, 0.3) is 0 Å². The second-order valence-electron chi connectivity index (χ2n) is 5.36. The standard InChI is InChI=1S/C19H12N2O2S/c20-9-15-13(10-21-8-4-3-6-17(15)21)11-23-19(22)16-12-24-18-7-2-1-5-14(16)18/h1-8,10,12H,11H2. The molecule has 0 aliphatic heterocycles. The van der Waals surface area contributed by atoms with Gasteiger partial charge < -0.3 is 9.14 Å². The Bertz CT molecular complexity index is 1100. The Morgan fingerprint density at radius 1 is 1.21 bits per heavy atom. The molecule has 1 aromatic carbocycles. The SMILES string of the molecule is N#Cc1c(COC(=O)c2csc3ccccc23)cn2ccccc12. The van der Waals surface area contributed by atoms with E-state index in [1.54, 1.807) is 0 Å². The number of nitrogens with zero attached hydrogens (tertiary/aromatic N) is 2.